The maximum absolute atomic E-state index is 12.3. The zero-order chi connectivity index (χ0) is 19.7. The van der Waals surface area contributed by atoms with E-state index in [0.29, 0.717) is 5.56 Å². The molecule has 1 N–H and O–H groups in total. The van der Waals surface area contributed by atoms with Gasteiger partial charge >= 0.3 is 0 Å². The van der Waals surface area contributed by atoms with Crippen LogP contribution in [0.5, 0.6) is 0 Å². The van der Waals surface area contributed by atoms with Crippen LogP contribution in [0.15, 0.2) is 70.2 Å². The Bertz CT molecular complexity index is 1220. The minimum Gasteiger partial charge on any atom is -0.341 e. The van der Waals surface area contributed by atoms with E-state index in [2.05, 4.69) is 74.3 Å². The van der Waals surface area contributed by atoms with Gasteiger partial charge in [0.25, 0.3) is 5.91 Å². The van der Waals surface area contributed by atoms with Crippen LogP contribution in [-0.4, -0.2) is 16.7 Å². The number of nitrogens with zero attached hydrogens (tertiary/aromatic N) is 2. The molecule has 0 atom stereocenters. The summed E-state index contributed by atoms with van der Waals surface area (Å²) < 4.78 is 3.21. The van der Waals surface area contributed by atoms with Crippen LogP contribution in [0.2, 0.25) is 0 Å². The third-order valence-corrected chi connectivity index (χ3v) is 5.78. The highest BCUT2D eigenvalue weighted by molar-refractivity contribution is 9.10. The summed E-state index contributed by atoms with van der Waals surface area (Å²) in [4.78, 5) is 12.3. The molecule has 0 unspecified atom stereocenters. The molecule has 1 aromatic heterocycles. The number of amides is 1. The van der Waals surface area contributed by atoms with E-state index in [4.69, 9.17) is 0 Å². The number of hydrogen-bond donors (Lipinski definition) is 1. The first-order chi connectivity index (χ1) is 13.6. The third-order valence-electron chi connectivity index (χ3n) is 4.93. The molecule has 0 aliphatic carbocycles. The lowest BCUT2D eigenvalue weighted by atomic mass is 10.1. The fourth-order valence-electron chi connectivity index (χ4n) is 3.46. The van der Waals surface area contributed by atoms with Crippen LogP contribution in [0.3, 0.4) is 0 Å². The molecule has 0 bridgehead atoms. The van der Waals surface area contributed by atoms with Gasteiger partial charge in [0.05, 0.1) is 6.21 Å². The van der Waals surface area contributed by atoms with Crippen LogP contribution in [-0.2, 0) is 6.54 Å². The maximum Gasteiger partial charge on any atom is 0.271 e. The standard InChI is InChI=1S/C23H20BrN3O/c1-3-27-21-7-5-4-6-18(21)19-12-16(9-11-22(19)27)14-25-26-23(28)17-10-8-15(2)20(24)13-17/h4-14H,3H2,1-2H3,(H,26,28). The van der Waals surface area contributed by atoms with E-state index in [1.54, 1.807) is 18.3 Å². The van der Waals surface area contributed by atoms with Gasteiger partial charge in [-0.25, -0.2) is 5.43 Å². The summed E-state index contributed by atoms with van der Waals surface area (Å²) in [5.41, 5.74) is 7.62. The minimum atomic E-state index is -0.236. The molecule has 140 valence electrons. The fourth-order valence-corrected chi connectivity index (χ4v) is 3.84. The number of benzene rings is 3. The van der Waals surface area contributed by atoms with E-state index in [1.165, 1.54) is 21.8 Å². The van der Waals surface area contributed by atoms with Crippen molar-refractivity contribution in [2.75, 3.05) is 0 Å². The van der Waals surface area contributed by atoms with Gasteiger partial charge in [0, 0.05) is 38.4 Å². The topological polar surface area (TPSA) is 46.4 Å². The number of hydrazone groups is 1. The summed E-state index contributed by atoms with van der Waals surface area (Å²) in [5.74, 6) is -0.236. The number of carbonyl (C=O) groups is 1. The number of para-hydroxylation sites is 1. The molecule has 4 nitrogen and oxygen atoms in total. The number of rotatable bonds is 4. The van der Waals surface area contributed by atoms with Crippen molar-refractivity contribution >= 4 is 49.9 Å². The monoisotopic (exact) mass is 433 g/mol. The predicted molar refractivity (Wildman–Crippen MR) is 119 cm³/mol. The Balaban J connectivity index is 1.60. The van der Waals surface area contributed by atoms with Crippen LogP contribution >= 0.6 is 15.9 Å². The Kier molecular flexibility index (Phi) is 5.01. The van der Waals surface area contributed by atoms with Gasteiger partial charge in [0.1, 0.15) is 0 Å². The van der Waals surface area contributed by atoms with Gasteiger partial charge in [-0.05, 0) is 55.3 Å². The van der Waals surface area contributed by atoms with E-state index >= 15 is 0 Å². The first-order valence-corrected chi connectivity index (χ1v) is 9.98. The van der Waals surface area contributed by atoms with E-state index in [0.717, 1.165) is 22.1 Å². The van der Waals surface area contributed by atoms with Gasteiger partial charge in [0.2, 0.25) is 0 Å². The number of fused-ring (bicyclic) bond motifs is 3. The molecular formula is C23H20BrN3O. The van der Waals surface area contributed by atoms with Crippen molar-refractivity contribution in [1.29, 1.82) is 0 Å². The first kappa shape index (κ1) is 18.4. The molecule has 0 fully saturated rings. The third kappa shape index (κ3) is 3.34. The highest BCUT2D eigenvalue weighted by Gasteiger charge is 2.09. The molecule has 0 aliphatic rings. The lowest BCUT2D eigenvalue weighted by molar-refractivity contribution is 0.0955. The summed E-state index contributed by atoms with van der Waals surface area (Å²) in [6, 6.07) is 20.1. The first-order valence-electron chi connectivity index (χ1n) is 9.19. The van der Waals surface area contributed by atoms with Crippen LogP contribution in [0.25, 0.3) is 21.8 Å². The summed E-state index contributed by atoms with van der Waals surface area (Å²) >= 11 is 3.45. The largest absolute Gasteiger partial charge is 0.341 e. The van der Waals surface area contributed by atoms with E-state index in [9.17, 15) is 4.79 Å². The Morgan fingerprint density at radius 1 is 1.07 bits per heavy atom. The number of hydrogen-bond acceptors (Lipinski definition) is 2. The molecule has 3 aromatic carbocycles. The number of halogens is 1. The van der Waals surface area contributed by atoms with Gasteiger partial charge in [-0.2, -0.15) is 5.10 Å². The molecule has 4 rings (SSSR count). The van der Waals surface area contributed by atoms with Gasteiger partial charge < -0.3 is 4.57 Å². The highest BCUT2D eigenvalue weighted by Crippen LogP contribution is 2.29. The summed E-state index contributed by atoms with van der Waals surface area (Å²) in [7, 11) is 0. The second-order valence-corrected chi connectivity index (χ2v) is 7.56. The number of aryl methyl sites for hydroxylation is 2. The van der Waals surface area contributed by atoms with Crippen LogP contribution < -0.4 is 5.43 Å². The number of nitrogens with one attached hydrogen (secondary N) is 1. The Morgan fingerprint density at radius 2 is 1.86 bits per heavy atom. The predicted octanol–water partition coefficient (Wildman–Crippen LogP) is 5.65. The van der Waals surface area contributed by atoms with Crippen molar-refractivity contribution in [3.63, 3.8) is 0 Å². The van der Waals surface area contributed by atoms with Crippen molar-refractivity contribution < 1.29 is 4.79 Å². The second-order valence-electron chi connectivity index (χ2n) is 6.70. The average Bonchev–Trinajstić information content (AvgIpc) is 3.03. The molecule has 28 heavy (non-hydrogen) atoms. The molecule has 0 saturated heterocycles. The van der Waals surface area contributed by atoms with Crippen molar-refractivity contribution in [3.8, 4) is 0 Å². The van der Waals surface area contributed by atoms with Crippen molar-refractivity contribution in [1.82, 2.24) is 9.99 Å². The zero-order valence-corrected chi connectivity index (χ0v) is 17.3. The molecule has 0 spiro atoms. The summed E-state index contributed by atoms with van der Waals surface area (Å²) in [5, 5.41) is 6.55. The lowest BCUT2D eigenvalue weighted by Crippen LogP contribution is -2.17. The summed E-state index contributed by atoms with van der Waals surface area (Å²) in [6.07, 6.45) is 1.68. The minimum absolute atomic E-state index is 0.236. The molecule has 0 saturated carbocycles. The molecule has 1 amide bonds. The molecule has 0 aliphatic heterocycles. The SMILES string of the molecule is CCn1c2ccccc2c2cc(C=NNC(=O)c3ccc(C)c(Br)c3)ccc21. The average molecular weight is 434 g/mol. The zero-order valence-electron chi connectivity index (χ0n) is 15.7. The summed E-state index contributed by atoms with van der Waals surface area (Å²) in [6.45, 7) is 5.05. The van der Waals surface area contributed by atoms with Gasteiger partial charge in [-0.1, -0.05) is 46.3 Å². The van der Waals surface area contributed by atoms with Crippen LogP contribution in [0, 0.1) is 6.92 Å². The second kappa shape index (κ2) is 7.60. The highest BCUT2D eigenvalue weighted by atomic mass is 79.9. The van der Waals surface area contributed by atoms with Crippen molar-refractivity contribution in [3.05, 3.63) is 81.8 Å². The van der Waals surface area contributed by atoms with Gasteiger partial charge in [-0.3, -0.25) is 4.79 Å². The fraction of sp³-hybridized carbons (Fsp3) is 0.130. The Hall–Kier alpha value is -2.92. The van der Waals surface area contributed by atoms with E-state index in [-0.39, 0.29) is 5.91 Å². The molecule has 0 radical (unpaired) electrons. The van der Waals surface area contributed by atoms with Crippen LogP contribution in [0.4, 0.5) is 0 Å². The Labute approximate surface area is 172 Å². The van der Waals surface area contributed by atoms with Gasteiger partial charge in [-0.15, -0.1) is 0 Å². The molecule has 1 heterocycles. The normalized spacial score (nSPS) is 11.5. The Morgan fingerprint density at radius 3 is 2.64 bits per heavy atom. The molecular weight excluding hydrogens is 414 g/mol. The smallest absolute Gasteiger partial charge is 0.271 e. The number of aromatic nitrogens is 1. The van der Waals surface area contributed by atoms with E-state index < -0.39 is 0 Å². The molecule has 4 aromatic rings. The number of carbonyl (C=O) groups excluding carboxylic acids is 1. The maximum atomic E-state index is 12.3. The van der Waals surface area contributed by atoms with Crippen molar-refractivity contribution in [2.24, 2.45) is 5.10 Å². The lowest BCUT2D eigenvalue weighted by Gasteiger charge is -2.03. The van der Waals surface area contributed by atoms with Gasteiger partial charge in [0.15, 0.2) is 0 Å². The molecule has 5 heteroatoms. The van der Waals surface area contributed by atoms with Crippen molar-refractivity contribution in [2.45, 2.75) is 20.4 Å². The quantitative estimate of drug-likeness (QED) is 0.328. The van der Waals surface area contributed by atoms with E-state index in [1.807, 2.05) is 19.1 Å². The van der Waals surface area contributed by atoms with Crippen LogP contribution in [0.1, 0.15) is 28.4 Å².